The Labute approximate surface area is 104 Å². The molecule has 2 unspecified atom stereocenters. The van der Waals surface area contributed by atoms with Crippen LogP contribution in [-0.4, -0.2) is 21.9 Å². The summed E-state index contributed by atoms with van der Waals surface area (Å²) in [7, 11) is -1.28. The third-order valence-corrected chi connectivity index (χ3v) is 3.97. The van der Waals surface area contributed by atoms with Gasteiger partial charge >= 0.3 is 0 Å². The maximum absolute atomic E-state index is 11.9. The summed E-state index contributed by atoms with van der Waals surface area (Å²) in [6.45, 7) is 4.18. The maximum atomic E-state index is 11.9. The average Bonchev–Trinajstić information content (AvgIpc) is 2.28. The lowest BCUT2D eigenvalue weighted by Crippen LogP contribution is -2.40. The van der Waals surface area contributed by atoms with Crippen molar-refractivity contribution in [3.8, 4) is 0 Å². The van der Waals surface area contributed by atoms with E-state index in [1.54, 1.807) is 12.1 Å². The fourth-order valence-corrected chi connectivity index (χ4v) is 2.47. The number of benzene rings is 1. The van der Waals surface area contributed by atoms with Crippen molar-refractivity contribution in [2.45, 2.75) is 30.7 Å². The van der Waals surface area contributed by atoms with E-state index in [1.165, 1.54) is 5.56 Å². The molecule has 17 heavy (non-hydrogen) atoms. The lowest BCUT2D eigenvalue weighted by molar-refractivity contribution is -0.118. The molecule has 0 fully saturated rings. The summed E-state index contributed by atoms with van der Waals surface area (Å²) in [5.74, 6) is -0.126. The summed E-state index contributed by atoms with van der Waals surface area (Å²) < 4.78 is 11.9. The molecule has 4 nitrogen and oxygen atoms in total. The molecule has 1 aromatic carbocycles. The minimum atomic E-state index is -1.28. The van der Waals surface area contributed by atoms with E-state index in [9.17, 15) is 9.00 Å². The summed E-state index contributed by atoms with van der Waals surface area (Å²) in [6.07, 6.45) is 0. The standard InChI is InChI=1S/C12H18N2O2S/c1-8(2)9-3-5-10(6-4-9)17(16)7-11(13)12(14)15/h3-6,8,11H,7,13H2,1-2H3,(H2,14,15). The van der Waals surface area contributed by atoms with Crippen LogP contribution in [0, 0.1) is 0 Å². The molecule has 1 amide bonds. The minimum absolute atomic E-state index is 0.0658. The van der Waals surface area contributed by atoms with Crippen LogP contribution in [0.5, 0.6) is 0 Å². The zero-order valence-electron chi connectivity index (χ0n) is 10.1. The van der Waals surface area contributed by atoms with Gasteiger partial charge in [0, 0.05) is 4.90 Å². The van der Waals surface area contributed by atoms with Crippen LogP contribution >= 0.6 is 0 Å². The smallest absolute Gasteiger partial charge is 0.235 e. The predicted octanol–water partition coefficient (Wildman–Crippen LogP) is 0.730. The number of hydrogen-bond donors (Lipinski definition) is 2. The molecule has 0 spiro atoms. The summed E-state index contributed by atoms with van der Waals surface area (Å²) >= 11 is 0. The fraction of sp³-hybridized carbons (Fsp3) is 0.417. The average molecular weight is 254 g/mol. The number of carbonyl (C=O) groups excluding carboxylic acids is 1. The van der Waals surface area contributed by atoms with E-state index in [-0.39, 0.29) is 5.75 Å². The van der Waals surface area contributed by atoms with Crippen LogP contribution in [0.3, 0.4) is 0 Å². The Morgan fingerprint density at radius 3 is 2.24 bits per heavy atom. The highest BCUT2D eigenvalue weighted by Gasteiger charge is 2.14. The van der Waals surface area contributed by atoms with E-state index in [1.807, 2.05) is 12.1 Å². The van der Waals surface area contributed by atoms with Crippen LogP contribution in [0.25, 0.3) is 0 Å². The van der Waals surface area contributed by atoms with Crippen molar-refractivity contribution in [3.63, 3.8) is 0 Å². The van der Waals surface area contributed by atoms with Gasteiger partial charge in [0.2, 0.25) is 5.91 Å². The lowest BCUT2D eigenvalue weighted by atomic mass is 10.0. The molecule has 0 aromatic heterocycles. The third-order valence-electron chi connectivity index (χ3n) is 2.51. The summed E-state index contributed by atoms with van der Waals surface area (Å²) in [4.78, 5) is 11.4. The highest BCUT2D eigenvalue weighted by molar-refractivity contribution is 7.85. The molecular weight excluding hydrogens is 236 g/mol. The van der Waals surface area contributed by atoms with Gasteiger partial charge in [-0.3, -0.25) is 9.00 Å². The summed E-state index contributed by atoms with van der Waals surface area (Å²) in [5.41, 5.74) is 11.7. The Morgan fingerprint density at radius 1 is 1.29 bits per heavy atom. The molecule has 5 heteroatoms. The van der Waals surface area contributed by atoms with Gasteiger partial charge in [0.1, 0.15) is 0 Å². The molecule has 0 radical (unpaired) electrons. The molecule has 0 aliphatic heterocycles. The predicted molar refractivity (Wildman–Crippen MR) is 69.0 cm³/mol. The van der Waals surface area contributed by atoms with Crippen molar-refractivity contribution in [2.24, 2.45) is 11.5 Å². The number of hydrogen-bond acceptors (Lipinski definition) is 3. The molecule has 4 N–H and O–H groups in total. The molecule has 1 aromatic rings. The molecule has 0 aliphatic rings. The van der Waals surface area contributed by atoms with Gasteiger partial charge < -0.3 is 11.5 Å². The number of amides is 1. The van der Waals surface area contributed by atoms with Crippen molar-refractivity contribution in [1.82, 2.24) is 0 Å². The van der Waals surface area contributed by atoms with Gasteiger partial charge in [-0.1, -0.05) is 26.0 Å². The van der Waals surface area contributed by atoms with E-state index >= 15 is 0 Å². The third kappa shape index (κ3) is 3.94. The van der Waals surface area contributed by atoms with E-state index in [4.69, 9.17) is 11.5 Å². The van der Waals surface area contributed by atoms with Crippen molar-refractivity contribution in [1.29, 1.82) is 0 Å². The van der Waals surface area contributed by atoms with Gasteiger partial charge in [-0.25, -0.2) is 0 Å². The lowest BCUT2D eigenvalue weighted by Gasteiger charge is -2.09. The van der Waals surface area contributed by atoms with E-state index in [0.29, 0.717) is 10.8 Å². The number of nitrogens with two attached hydrogens (primary N) is 2. The molecule has 2 atom stereocenters. The molecule has 0 heterocycles. The quantitative estimate of drug-likeness (QED) is 0.812. The normalized spacial score (nSPS) is 14.6. The first-order chi connectivity index (χ1) is 7.91. The second-order valence-electron chi connectivity index (χ2n) is 4.24. The van der Waals surface area contributed by atoms with E-state index in [0.717, 1.165) is 0 Å². The van der Waals surface area contributed by atoms with Crippen molar-refractivity contribution in [3.05, 3.63) is 29.8 Å². The molecular formula is C12H18N2O2S. The Kier molecular flexibility index (Phi) is 4.84. The van der Waals surface area contributed by atoms with Crippen LogP contribution in [0.1, 0.15) is 25.3 Å². The Morgan fingerprint density at radius 2 is 1.82 bits per heavy atom. The van der Waals surface area contributed by atoms with E-state index in [2.05, 4.69) is 13.8 Å². The highest BCUT2D eigenvalue weighted by atomic mass is 32.2. The molecule has 94 valence electrons. The van der Waals surface area contributed by atoms with Crippen LogP contribution in [0.2, 0.25) is 0 Å². The fourth-order valence-electron chi connectivity index (χ4n) is 1.35. The van der Waals surface area contributed by atoms with Gasteiger partial charge in [0.05, 0.1) is 22.6 Å². The van der Waals surface area contributed by atoms with Crippen molar-refractivity contribution in [2.75, 3.05) is 5.75 Å². The first-order valence-corrected chi connectivity index (χ1v) is 6.77. The zero-order valence-corrected chi connectivity index (χ0v) is 10.9. The summed E-state index contributed by atoms with van der Waals surface area (Å²) in [5, 5.41) is 0. The Balaban J connectivity index is 2.73. The van der Waals surface area contributed by atoms with Gasteiger partial charge in [-0.15, -0.1) is 0 Å². The van der Waals surface area contributed by atoms with E-state index < -0.39 is 22.7 Å². The minimum Gasteiger partial charge on any atom is -0.368 e. The van der Waals surface area contributed by atoms with Crippen molar-refractivity contribution >= 4 is 16.7 Å². The molecule has 0 saturated carbocycles. The Bertz CT molecular complexity index is 415. The molecule has 0 aliphatic carbocycles. The highest BCUT2D eigenvalue weighted by Crippen LogP contribution is 2.16. The second-order valence-corrected chi connectivity index (χ2v) is 5.74. The van der Waals surface area contributed by atoms with Crippen LogP contribution in [-0.2, 0) is 15.6 Å². The first kappa shape index (κ1) is 13.9. The van der Waals surface area contributed by atoms with Gasteiger partial charge in [-0.05, 0) is 23.6 Å². The number of primary amides is 1. The Hall–Kier alpha value is -1.20. The van der Waals surface area contributed by atoms with Crippen LogP contribution in [0.4, 0.5) is 0 Å². The summed E-state index contributed by atoms with van der Waals surface area (Å²) in [6, 6.07) is 6.63. The van der Waals surface area contributed by atoms with Gasteiger partial charge in [0.25, 0.3) is 0 Å². The number of rotatable bonds is 5. The SMILES string of the molecule is CC(C)c1ccc(S(=O)CC(N)C(N)=O)cc1. The maximum Gasteiger partial charge on any atom is 0.235 e. The number of carbonyl (C=O) groups is 1. The largest absolute Gasteiger partial charge is 0.368 e. The zero-order chi connectivity index (χ0) is 13.0. The monoisotopic (exact) mass is 254 g/mol. The van der Waals surface area contributed by atoms with Crippen molar-refractivity contribution < 1.29 is 9.00 Å². The van der Waals surface area contributed by atoms with Crippen LogP contribution in [0.15, 0.2) is 29.2 Å². The van der Waals surface area contributed by atoms with Gasteiger partial charge in [0.15, 0.2) is 0 Å². The first-order valence-electron chi connectivity index (χ1n) is 5.45. The molecule has 0 saturated heterocycles. The van der Waals surface area contributed by atoms with Gasteiger partial charge in [-0.2, -0.15) is 0 Å². The second kappa shape index (κ2) is 5.93. The molecule has 1 rings (SSSR count). The topological polar surface area (TPSA) is 86.2 Å². The van der Waals surface area contributed by atoms with Crippen LogP contribution < -0.4 is 11.5 Å². The molecule has 0 bridgehead atoms.